The average molecular weight is 480 g/mol. The van der Waals surface area contributed by atoms with Crippen molar-refractivity contribution in [3.63, 3.8) is 0 Å². The Morgan fingerprint density at radius 2 is 1.68 bits per heavy atom. The van der Waals surface area contributed by atoms with Crippen molar-refractivity contribution < 1.29 is 18.0 Å². The molecule has 1 aliphatic heterocycles. The van der Waals surface area contributed by atoms with E-state index in [1.54, 1.807) is 36.5 Å². The molecule has 8 heteroatoms. The van der Waals surface area contributed by atoms with E-state index in [1.807, 2.05) is 41.0 Å². The van der Waals surface area contributed by atoms with Gasteiger partial charge in [-0.15, -0.1) is 0 Å². The van der Waals surface area contributed by atoms with Gasteiger partial charge < -0.3 is 4.57 Å². The van der Waals surface area contributed by atoms with E-state index in [9.17, 15) is 18.0 Å². The van der Waals surface area contributed by atoms with E-state index in [2.05, 4.69) is 5.10 Å². The monoisotopic (exact) mass is 479 g/mol. The van der Waals surface area contributed by atoms with Crippen LogP contribution in [0.25, 0.3) is 17.0 Å². The zero-order valence-electron chi connectivity index (χ0n) is 17.6. The first-order chi connectivity index (χ1) is 16.3. The summed E-state index contributed by atoms with van der Waals surface area (Å²) < 4.78 is 43.5. The summed E-state index contributed by atoms with van der Waals surface area (Å²) in [5.74, 6) is -0.829. The molecule has 34 heavy (non-hydrogen) atoms. The fraction of sp³-hybridized carbons (Fsp3) is 0.0769. The second kappa shape index (κ2) is 8.50. The molecular weight excluding hydrogens is 463 g/mol. The van der Waals surface area contributed by atoms with Crippen molar-refractivity contribution in [1.82, 2.24) is 4.57 Å². The third kappa shape index (κ3) is 4.10. The summed E-state index contributed by atoms with van der Waals surface area (Å²) in [6.07, 6.45) is -1.77. The quantitative estimate of drug-likeness (QED) is 0.300. The number of anilines is 1. The van der Waals surface area contributed by atoms with Crippen molar-refractivity contribution in [2.24, 2.45) is 5.10 Å². The number of alkyl halides is 3. The zero-order valence-corrected chi connectivity index (χ0v) is 18.4. The van der Waals surface area contributed by atoms with Crippen LogP contribution in [0.2, 0.25) is 5.02 Å². The van der Waals surface area contributed by atoms with Crippen LogP contribution in [0.1, 0.15) is 11.1 Å². The Bertz CT molecular complexity index is 1460. The second-order valence-electron chi connectivity index (χ2n) is 7.82. The van der Waals surface area contributed by atoms with Gasteiger partial charge in [0.15, 0.2) is 5.71 Å². The van der Waals surface area contributed by atoms with Crippen molar-refractivity contribution in [3.8, 4) is 0 Å². The molecule has 1 aliphatic rings. The van der Waals surface area contributed by atoms with Gasteiger partial charge in [0, 0.05) is 34.2 Å². The maximum absolute atomic E-state index is 13.9. The van der Waals surface area contributed by atoms with Gasteiger partial charge in [0.25, 0.3) is 5.91 Å². The van der Waals surface area contributed by atoms with Gasteiger partial charge in [-0.25, -0.2) is 0 Å². The molecule has 170 valence electrons. The number of nitrogens with zero attached hydrogens (tertiary/aromatic N) is 3. The molecule has 5 rings (SSSR count). The summed E-state index contributed by atoms with van der Waals surface area (Å²) in [5, 5.41) is 5.75. The lowest BCUT2D eigenvalue weighted by Gasteiger charge is -2.10. The number of para-hydroxylation sites is 2. The summed E-state index contributed by atoms with van der Waals surface area (Å²) in [4.78, 5) is 13.1. The van der Waals surface area contributed by atoms with E-state index in [1.165, 1.54) is 18.2 Å². The average Bonchev–Trinajstić information content (AvgIpc) is 3.33. The highest BCUT2D eigenvalue weighted by Crippen LogP contribution is 2.34. The van der Waals surface area contributed by atoms with Crippen LogP contribution in [0, 0.1) is 0 Å². The van der Waals surface area contributed by atoms with Gasteiger partial charge in [-0.2, -0.15) is 23.3 Å². The summed E-state index contributed by atoms with van der Waals surface area (Å²) in [7, 11) is 0. The van der Waals surface area contributed by atoms with Crippen molar-refractivity contribution in [2.75, 3.05) is 5.01 Å². The minimum atomic E-state index is -4.79. The molecule has 1 amide bonds. The smallest absolute Gasteiger partial charge is 0.342 e. The SMILES string of the molecule is O=C1/C(=C\c2cn(Cc3cccc(Cl)c3)c3ccccc23)C(C(F)(F)F)=NN1c1ccccc1. The molecule has 4 aromatic rings. The van der Waals surface area contributed by atoms with Crippen LogP contribution >= 0.6 is 11.6 Å². The lowest BCUT2D eigenvalue weighted by atomic mass is 10.1. The van der Waals surface area contributed by atoms with Crippen LogP contribution in [-0.2, 0) is 11.3 Å². The Labute approximate surface area is 198 Å². The molecule has 0 spiro atoms. The summed E-state index contributed by atoms with van der Waals surface area (Å²) in [5.41, 5.74) is 0.811. The van der Waals surface area contributed by atoms with E-state index in [4.69, 9.17) is 11.6 Å². The number of halogens is 4. The fourth-order valence-corrected chi connectivity index (χ4v) is 4.22. The third-order valence-corrected chi connectivity index (χ3v) is 5.74. The van der Waals surface area contributed by atoms with Gasteiger partial charge in [-0.3, -0.25) is 4.79 Å². The maximum Gasteiger partial charge on any atom is 0.435 e. The number of hydrazone groups is 1. The molecule has 0 aliphatic carbocycles. The number of aromatic nitrogens is 1. The molecule has 0 saturated carbocycles. The first-order valence-corrected chi connectivity index (χ1v) is 10.8. The largest absolute Gasteiger partial charge is 0.435 e. The van der Waals surface area contributed by atoms with Gasteiger partial charge in [0.1, 0.15) is 0 Å². The number of fused-ring (bicyclic) bond motifs is 1. The zero-order chi connectivity index (χ0) is 23.9. The second-order valence-corrected chi connectivity index (χ2v) is 8.25. The number of amides is 1. The minimum absolute atomic E-state index is 0.265. The van der Waals surface area contributed by atoms with Crippen LogP contribution in [-0.4, -0.2) is 22.4 Å². The van der Waals surface area contributed by atoms with E-state index in [0.717, 1.165) is 21.5 Å². The molecule has 0 unspecified atom stereocenters. The van der Waals surface area contributed by atoms with Crippen LogP contribution < -0.4 is 5.01 Å². The highest BCUT2D eigenvalue weighted by atomic mass is 35.5. The van der Waals surface area contributed by atoms with E-state index in [0.29, 0.717) is 17.1 Å². The molecular formula is C26H17ClF3N3O. The Balaban J connectivity index is 1.61. The van der Waals surface area contributed by atoms with Gasteiger partial charge in [0.05, 0.1) is 11.3 Å². The Morgan fingerprint density at radius 1 is 0.941 bits per heavy atom. The van der Waals surface area contributed by atoms with Crippen LogP contribution in [0.4, 0.5) is 18.9 Å². The maximum atomic E-state index is 13.9. The molecule has 0 fully saturated rings. The first-order valence-electron chi connectivity index (χ1n) is 10.4. The highest BCUT2D eigenvalue weighted by Gasteiger charge is 2.46. The number of hydrogen-bond acceptors (Lipinski definition) is 2. The van der Waals surface area contributed by atoms with E-state index >= 15 is 0 Å². The fourth-order valence-electron chi connectivity index (χ4n) is 4.01. The molecule has 0 atom stereocenters. The van der Waals surface area contributed by atoms with Crippen molar-refractivity contribution in [2.45, 2.75) is 12.7 Å². The molecule has 0 saturated heterocycles. The molecule has 0 radical (unpaired) electrons. The third-order valence-electron chi connectivity index (χ3n) is 5.51. The number of carbonyl (C=O) groups excluding carboxylic acids is 1. The van der Waals surface area contributed by atoms with E-state index < -0.39 is 23.4 Å². The number of rotatable bonds is 4. The van der Waals surface area contributed by atoms with Crippen LogP contribution in [0.3, 0.4) is 0 Å². The molecule has 2 heterocycles. The number of benzene rings is 3. The Kier molecular flexibility index (Phi) is 5.49. The molecule has 4 nitrogen and oxygen atoms in total. The lowest BCUT2D eigenvalue weighted by molar-refractivity contribution is -0.114. The molecule has 1 aromatic heterocycles. The predicted octanol–water partition coefficient (Wildman–Crippen LogP) is 6.69. The van der Waals surface area contributed by atoms with Crippen LogP contribution in [0.5, 0.6) is 0 Å². The van der Waals surface area contributed by atoms with Crippen molar-refractivity contribution >= 4 is 45.9 Å². The number of hydrogen-bond donors (Lipinski definition) is 0. The molecule has 0 N–H and O–H groups in total. The van der Waals surface area contributed by atoms with Crippen molar-refractivity contribution in [3.05, 3.63) is 107 Å². The van der Waals surface area contributed by atoms with Gasteiger partial charge in [-0.05, 0) is 42.0 Å². The van der Waals surface area contributed by atoms with Crippen molar-refractivity contribution in [1.29, 1.82) is 0 Å². The van der Waals surface area contributed by atoms with E-state index in [-0.39, 0.29) is 5.69 Å². The Morgan fingerprint density at radius 3 is 2.41 bits per heavy atom. The Hall–Kier alpha value is -3.84. The summed E-state index contributed by atoms with van der Waals surface area (Å²) in [6, 6.07) is 22.8. The first kappa shape index (κ1) is 22.0. The molecule has 0 bridgehead atoms. The normalized spacial score (nSPS) is 15.4. The standard InChI is InChI=1S/C26H17ClF3N3O/c27-19-8-6-7-17(13-19)15-32-16-18(21-11-4-5-12-23(21)32)14-22-24(26(28,29)30)31-33(25(22)34)20-9-2-1-3-10-20/h1-14,16H,15H2/b22-14-. The molecule has 3 aromatic carbocycles. The van der Waals surface area contributed by atoms with Crippen LogP contribution in [0.15, 0.2) is 95.7 Å². The summed E-state index contributed by atoms with van der Waals surface area (Å²) in [6.45, 7) is 0.467. The summed E-state index contributed by atoms with van der Waals surface area (Å²) >= 11 is 6.11. The van der Waals surface area contributed by atoms with Gasteiger partial charge >= 0.3 is 6.18 Å². The predicted molar refractivity (Wildman–Crippen MR) is 128 cm³/mol. The number of carbonyl (C=O) groups is 1. The lowest BCUT2D eigenvalue weighted by Crippen LogP contribution is -2.25. The highest BCUT2D eigenvalue weighted by molar-refractivity contribution is 6.34. The van der Waals surface area contributed by atoms with Gasteiger partial charge in [-0.1, -0.05) is 60.1 Å². The van der Waals surface area contributed by atoms with Gasteiger partial charge in [0.2, 0.25) is 0 Å². The topological polar surface area (TPSA) is 37.6 Å². The minimum Gasteiger partial charge on any atom is -0.342 e.